The molecule has 0 radical (unpaired) electrons. The minimum absolute atomic E-state index is 0.115. The number of aryl methyl sites for hydroxylation is 3. The first-order chi connectivity index (χ1) is 13.4. The van der Waals surface area contributed by atoms with E-state index in [0.29, 0.717) is 11.5 Å². The quantitative estimate of drug-likeness (QED) is 0.451. The maximum Gasteiger partial charge on any atom is 0.122 e. The molecule has 0 aromatic heterocycles. The number of unbranched alkanes of at least 4 members (excludes halogenated alkanes) is 2. The van der Waals surface area contributed by atoms with Crippen molar-refractivity contribution in [2.75, 3.05) is 0 Å². The molecule has 2 aromatic rings. The second-order valence-electron chi connectivity index (χ2n) is 8.18. The summed E-state index contributed by atoms with van der Waals surface area (Å²) >= 11 is 0. The molecule has 0 heterocycles. The van der Waals surface area contributed by atoms with Crippen LogP contribution in [0.5, 0.6) is 11.5 Å². The third kappa shape index (κ3) is 5.10. The van der Waals surface area contributed by atoms with E-state index in [0.717, 1.165) is 68.1 Å². The van der Waals surface area contributed by atoms with E-state index in [1.54, 1.807) is 0 Å². The van der Waals surface area contributed by atoms with Crippen LogP contribution in [-0.4, -0.2) is 10.2 Å². The first kappa shape index (κ1) is 22.3. The van der Waals surface area contributed by atoms with Gasteiger partial charge in [0.25, 0.3) is 0 Å². The van der Waals surface area contributed by atoms with Crippen LogP contribution in [0.25, 0.3) is 0 Å². The number of rotatable bonds is 10. The molecule has 2 aromatic carbocycles. The summed E-state index contributed by atoms with van der Waals surface area (Å²) in [6.45, 7) is 10.6. The lowest BCUT2D eigenvalue weighted by molar-refractivity contribution is 0.453. The number of hydrogen-bond acceptors (Lipinski definition) is 2. The summed E-state index contributed by atoms with van der Waals surface area (Å²) in [5.41, 5.74) is 6.57. The van der Waals surface area contributed by atoms with Crippen LogP contribution in [0.4, 0.5) is 0 Å². The zero-order valence-corrected chi connectivity index (χ0v) is 18.4. The maximum absolute atomic E-state index is 11.0. The summed E-state index contributed by atoms with van der Waals surface area (Å²) in [7, 11) is 0. The van der Waals surface area contributed by atoms with E-state index in [2.05, 4.69) is 32.9 Å². The van der Waals surface area contributed by atoms with E-state index in [1.807, 2.05) is 26.0 Å². The van der Waals surface area contributed by atoms with Crippen LogP contribution in [0.1, 0.15) is 98.6 Å². The molecule has 0 saturated heterocycles. The van der Waals surface area contributed by atoms with Gasteiger partial charge >= 0.3 is 0 Å². The molecular weight excluding hydrogens is 344 g/mol. The van der Waals surface area contributed by atoms with Crippen LogP contribution < -0.4 is 0 Å². The van der Waals surface area contributed by atoms with E-state index in [1.165, 1.54) is 16.7 Å². The van der Waals surface area contributed by atoms with Gasteiger partial charge in [-0.1, -0.05) is 58.2 Å². The normalized spacial score (nSPS) is 12.3. The van der Waals surface area contributed by atoms with Crippen LogP contribution in [0.3, 0.4) is 0 Å². The standard InChI is InChI=1S/C26H38O2/c1-6-9-12-20-16-23(19(5)24(27)17-20)22(11-8-3)25-21(13-10-7-2)15-14-18(4)26(25)28/h14-17,22,27-28H,6-13H2,1-5H3. The number of benzene rings is 2. The second-order valence-corrected chi connectivity index (χ2v) is 8.18. The first-order valence-corrected chi connectivity index (χ1v) is 11.1. The number of phenols is 2. The zero-order valence-electron chi connectivity index (χ0n) is 18.4. The van der Waals surface area contributed by atoms with Crippen LogP contribution >= 0.6 is 0 Å². The predicted molar refractivity (Wildman–Crippen MR) is 120 cm³/mol. The Kier molecular flexibility index (Phi) is 8.41. The first-order valence-electron chi connectivity index (χ1n) is 11.1. The third-order valence-corrected chi connectivity index (χ3v) is 5.91. The fourth-order valence-electron chi connectivity index (χ4n) is 4.15. The molecule has 0 bridgehead atoms. The Labute approximate surface area is 171 Å². The average Bonchev–Trinajstić information content (AvgIpc) is 2.68. The van der Waals surface area contributed by atoms with E-state index in [-0.39, 0.29) is 5.92 Å². The Morgan fingerprint density at radius 2 is 1.54 bits per heavy atom. The fraction of sp³-hybridized carbons (Fsp3) is 0.538. The van der Waals surface area contributed by atoms with E-state index >= 15 is 0 Å². The van der Waals surface area contributed by atoms with Crippen molar-refractivity contribution in [3.05, 3.63) is 57.6 Å². The van der Waals surface area contributed by atoms with Gasteiger partial charge in [-0.15, -0.1) is 0 Å². The molecule has 1 atom stereocenters. The number of aromatic hydroxyl groups is 2. The molecule has 2 N–H and O–H groups in total. The Morgan fingerprint density at radius 1 is 0.857 bits per heavy atom. The van der Waals surface area contributed by atoms with Gasteiger partial charge in [-0.3, -0.25) is 0 Å². The fourth-order valence-corrected chi connectivity index (χ4v) is 4.15. The second kappa shape index (κ2) is 10.5. The molecule has 0 aliphatic carbocycles. The van der Waals surface area contributed by atoms with Crippen molar-refractivity contribution >= 4 is 0 Å². The monoisotopic (exact) mass is 382 g/mol. The molecule has 0 amide bonds. The summed E-state index contributed by atoms with van der Waals surface area (Å²) in [5.74, 6) is 0.932. The zero-order chi connectivity index (χ0) is 20.7. The molecule has 0 aliphatic rings. The van der Waals surface area contributed by atoms with E-state index in [4.69, 9.17) is 0 Å². The summed E-state index contributed by atoms with van der Waals surface area (Å²) < 4.78 is 0. The molecule has 1 unspecified atom stereocenters. The van der Waals surface area contributed by atoms with Crippen molar-refractivity contribution < 1.29 is 10.2 Å². The van der Waals surface area contributed by atoms with Gasteiger partial charge in [0.05, 0.1) is 0 Å². The van der Waals surface area contributed by atoms with Gasteiger partial charge in [0.2, 0.25) is 0 Å². The third-order valence-electron chi connectivity index (χ3n) is 5.91. The minimum Gasteiger partial charge on any atom is -0.508 e. The van der Waals surface area contributed by atoms with Gasteiger partial charge in [0.15, 0.2) is 0 Å². The number of hydrogen-bond donors (Lipinski definition) is 2. The Bertz CT molecular complexity index is 776. The predicted octanol–water partition coefficient (Wildman–Crippen LogP) is 7.33. The summed E-state index contributed by atoms with van der Waals surface area (Å²) in [6.07, 6.45) is 8.49. The van der Waals surface area contributed by atoms with Crippen molar-refractivity contribution in [3.8, 4) is 11.5 Å². The van der Waals surface area contributed by atoms with Gasteiger partial charge in [-0.2, -0.15) is 0 Å². The lowest BCUT2D eigenvalue weighted by Gasteiger charge is -2.25. The average molecular weight is 383 g/mol. The topological polar surface area (TPSA) is 40.5 Å². The maximum atomic E-state index is 11.0. The Hall–Kier alpha value is -1.96. The molecule has 28 heavy (non-hydrogen) atoms. The van der Waals surface area contributed by atoms with E-state index in [9.17, 15) is 10.2 Å². The lowest BCUT2D eigenvalue weighted by Crippen LogP contribution is -2.09. The van der Waals surface area contributed by atoms with Crippen LogP contribution in [0, 0.1) is 13.8 Å². The molecule has 2 heteroatoms. The van der Waals surface area contributed by atoms with Gasteiger partial charge in [0, 0.05) is 11.5 Å². The highest BCUT2D eigenvalue weighted by molar-refractivity contribution is 5.54. The minimum atomic E-state index is 0.115. The van der Waals surface area contributed by atoms with Crippen molar-refractivity contribution in [1.29, 1.82) is 0 Å². The smallest absolute Gasteiger partial charge is 0.122 e. The largest absolute Gasteiger partial charge is 0.508 e. The summed E-state index contributed by atoms with van der Waals surface area (Å²) in [6, 6.07) is 8.43. The molecule has 0 saturated carbocycles. The van der Waals surface area contributed by atoms with Gasteiger partial charge < -0.3 is 10.2 Å². The molecule has 154 valence electrons. The van der Waals surface area contributed by atoms with Crippen LogP contribution in [-0.2, 0) is 12.8 Å². The van der Waals surface area contributed by atoms with Crippen molar-refractivity contribution in [3.63, 3.8) is 0 Å². The molecule has 0 aliphatic heterocycles. The number of phenolic OH excluding ortho intramolecular Hbond substituents is 2. The molecule has 0 spiro atoms. The molecule has 0 fully saturated rings. The lowest BCUT2D eigenvalue weighted by atomic mass is 9.80. The Morgan fingerprint density at radius 3 is 2.18 bits per heavy atom. The van der Waals surface area contributed by atoms with Crippen LogP contribution in [0.15, 0.2) is 24.3 Å². The Balaban J connectivity index is 2.63. The highest BCUT2D eigenvalue weighted by Gasteiger charge is 2.24. The van der Waals surface area contributed by atoms with Crippen molar-refractivity contribution in [1.82, 2.24) is 0 Å². The highest BCUT2D eigenvalue weighted by Crippen LogP contribution is 2.42. The van der Waals surface area contributed by atoms with Crippen molar-refractivity contribution in [2.24, 2.45) is 0 Å². The van der Waals surface area contributed by atoms with Gasteiger partial charge in [-0.25, -0.2) is 0 Å². The molecule has 2 nitrogen and oxygen atoms in total. The van der Waals surface area contributed by atoms with E-state index < -0.39 is 0 Å². The highest BCUT2D eigenvalue weighted by atomic mass is 16.3. The van der Waals surface area contributed by atoms with Gasteiger partial charge in [-0.05, 0) is 79.8 Å². The summed E-state index contributed by atoms with van der Waals surface area (Å²) in [4.78, 5) is 0. The van der Waals surface area contributed by atoms with Gasteiger partial charge in [0.1, 0.15) is 11.5 Å². The molecule has 2 rings (SSSR count). The SMILES string of the molecule is CCCCc1cc(O)c(C)c(C(CCC)c2c(CCCC)ccc(C)c2O)c1. The van der Waals surface area contributed by atoms with Crippen LogP contribution in [0.2, 0.25) is 0 Å². The molecular formula is C26H38O2. The van der Waals surface area contributed by atoms with Crippen molar-refractivity contribution in [2.45, 2.75) is 91.9 Å². The summed E-state index contributed by atoms with van der Waals surface area (Å²) in [5, 5.41) is 21.7.